The lowest BCUT2D eigenvalue weighted by Gasteiger charge is -2.43. The van der Waals surface area contributed by atoms with Gasteiger partial charge in [-0.05, 0) is 62.1 Å². The summed E-state index contributed by atoms with van der Waals surface area (Å²) in [6, 6.07) is 17.0. The van der Waals surface area contributed by atoms with Gasteiger partial charge in [0.05, 0.1) is 13.8 Å². The lowest BCUT2D eigenvalue weighted by Crippen LogP contribution is -2.57. The van der Waals surface area contributed by atoms with Crippen LogP contribution >= 0.6 is 0 Å². The number of rotatable bonds is 6. The standard InChI is InChI=1S/C26H30N4O4/c1-34-22-11-9-20(10-12-22)27-23(31)17-29-18-30(21-5-3-2-4-6-21)26(25(29)33)13-15-28(16-14-26)24(32)19-7-8-19/h2-6,9-12,19H,7-8,13-18H2,1H3,(H,27,31). The van der Waals surface area contributed by atoms with Crippen molar-refractivity contribution >= 4 is 29.1 Å². The molecule has 1 spiro atoms. The number of nitrogens with one attached hydrogen (secondary N) is 1. The highest BCUT2D eigenvalue weighted by molar-refractivity contribution is 5.99. The molecule has 5 rings (SSSR count). The average molecular weight is 463 g/mol. The third-order valence-electron chi connectivity index (χ3n) is 7.12. The van der Waals surface area contributed by atoms with Gasteiger partial charge in [0.15, 0.2) is 0 Å². The number of carbonyl (C=O) groups excluding carboxylic acids is 3. The number of carbonyl (C=O) groups is 3. The molecule has 8 nitrogen and oxygen atoms in total. The van der Waals surface area contributed by atoms with Gasteiger partial charge in [-0.1, -0.05) is 18.2 Å². The molecule has 8 heteroatoms. The minimum absolute atomic E-state index is 0.0271. The Morgan fingerprint density at radius 2 is 1.71 bits per heavy atom. The van der Waals surface area contributed by atoms with Crippen molar-refractivity contribution in [1.82, 2.24) is 9.80 Å². The zero-order chi connectivity index (χ0) is 23.7. The topological polar surface area (TPSA) is 82.2 Å². The van der Waals surface area contributed by atoms with Crippen LogP contribution in [0.15, 0.2) is 54.6 Å². The molecule has 2 aromatic rings. The van der Waals surface area contributed by atoms with Gasteiger partial charge < -0.3 is 24.8 Å². The third kappa shape index (κ3) is 4.20. The molecular weight excluding hydrogens is 432 g/mol. The highest BCUT2D eigenvalue weighted by Gasteiger charge is 2.54. The number of anilines is 2. The van der Waals surface area contributed by atoms with E-state index in [0.717, 1.165) is 18.5 Å². The molecule has 1 saturated carbocycles. The van der Waals surface area contributed by atoms with Crippen LogP contribution in [0.5, 0.6) is 5.75 Å². The van der Waals surface area contributed by atoms with Crippen molar-refractivity contribution in [1.29, 1.82) is 0 Å². The van der Waals surface area contributed by atoms with Crippen molar-refractivity contribution in [3.05, 3.63) is 54.6 Å². The fraction of sp³-hybridized carbons (Fsp3) is 0.423. The zero-order valence-electron chi connectivity index (χ0n) is 19.4. The lowest BCUT2D eigenvalue weighted by molar-refractivity contribution is -0.140. The van der Waals surface area contributed by atoms with Gasteiger partial charge in [0.25, 0.3) is 5.91 Å². The fourth-order valence-electron chi connectivity index (χ4n) is 5.06. The van der Waals surface area contributed by atoms with Gasteiger partial charge >= 0.3 is 0 Å². The number of likely N-dealkylation sites (tertiary alicyclic amines) is 1. The molecule has 0 bridgehead atoms. The van der Waals surface area contributed by atoms with Crippen LogP contribution in [0.2, 0.25) is 0 Å². The number of ether oxygens (including phenoxy) is 1. The predicted octanol–water partition coefficient (Wildman–Crippen LogP) is 2.71. The summed E-state index contributed by atoms with van der Waals surface area (Å²) in [4.78, 5) is 44.8. The molecule has 34 heavy (non-hydrogen) atoms. The summed E-state index contributed by atoms with van der Waals surface area (Å²) >= 11 is 0. The van der Waals surface area contributed by atoms with Crippen LogP contribution in [-0.4, -0.2) is 66.5 Å². The van der Waals surface area contributed by atoms with Gasteiger partial charge in [-0.3, -0.25) is 14.4 Å². The Hall–Kier alpha value is -3.55. The second-order valence-electron chi connectivity index (χ2n) is 9.32. The van der Waals surface area contributed by atoms with Crippen molar-refractivity contribution in [3.8, 4) is 5.75 Å². The first-order valence-corrected chi connectivity index (χ1v) is 11.8. The van der Waals surface area contributed by atoms with E-state index in [1.54, 1.807) is 36.3 Å². The number of para-hydroxylation sites is 1. The first kappa shape index (κ1) is 22.3. The average Bonchev–Trinajstić information content (AvgIpc) is 3.69. The summed E-state index contributed by atoms with van der Waals surface area (Å²) in [5.41, 5.74) is 0.872. The van der Waals surface area contributed by atoms with Crippen LogP contribution in [0.4, 0.5) is 11.4 Å². The SMILES string of the molecule is COc1ccc(NC(=O)CN2CN(c3ccccc3)C3(CCN(C(=O)C4CC4)CC3)C2=O)cc1. The minimum atomic E-state index is -0.734. The van der Waals surface area contributed by atoms with E-state index in [1.165, 1.54) is 0 Å². The maximum Gasteiger partial charge on any atom is 0.250 e. The molecule has 178 valence electrons. The summed E-state index contributed by atoms with van der Waals surface area (Å²) in [5, 5.41) is 2.87. The van der Waals surface area contributed by atoms with E-state index in [-0.39, 0.29) is 30.2 Å². The lowest BCUT2D eigenvalue weighted by atomic mass is 9.85. The zero-order valence-corrected chi connectivity index (χ0v) is 19.4. The Kier molecular flexibility index (Phi) is 5.89. The first-order chi connectivity index (χ1) is 16.5. The number of hydrogen-bond donors (Lipinski definition) is 1. The van der Waals surface area contributed by atoms with E-state index < -0.39 is 5.54 Å². The number of piperidine rings is 1. The minimum Gasteiger partial charge on any atom is -0.497 e. The van der Waals surface area contributed by atoms with Crippen molar-refractivity contribution in [2.45, 2.75) is 31.2 Å². The van der Waals surface area contributed by atoms with Crippen LogP contribution in [0.25, 0.3) is 0 Å². The molecule has 2 saturated heterocycles. The fourth-order valence-corrected chi connectivity index (χ4v) is 5.06. The summed E-state index contributed by atoms with van der Waals surface area (Å²) in [6.07, 6.45) is 3.09. The maximum absolute atomic E-state index is 13.7. The van der Waals surface area contributed by atoms with Crippen molar-refractivity contribution < 1.29 is 19.1 Å². The molecule has 1 N–H and O–H groups in total. The Morgan fingerprint density at radius 1 is 1.03 bits per heavy atom. The summed E-state index contributed by atoms with van der Waals surface area (Å²) in [7, 11) is 1.59. The molecule has 3 aliphatic rings. The van der Waals surface area contributed by atoms with Crippen LogP contribution in [0, 0.1) is 5.92 Å². The second kappa shape index (κ2) is 9.00. The Balaban J connectivity index is 1.31. The molecule has 2 aliphatic heterocycles. The molecule has 0 unspecified atom stereocenters. The number of benzene rings is 2. The molecule has 0 aromatic heterocycles. The summed E-state index contributed by atoms with van der Waals surface area (Å²) in [5.74, 6) is 0.823. The van der Waals surface area contributed by atoms with Crippen LogP contribution < -0.4 is 15.0 Å². The highest BCUT2D eigenvalue weighted by atomic mass is 16.5. The van der Waals surface area contributed by atoms with Gasteiger partial charge in [-0.15, -0.1) is 0 Å². The monoisotopic (exact) mass is 462 g/mol. The van der Waals surface area contributed by atoms with Gasteiger partial charge in [-0.2, -0.15) is 0 Å². The normalized spacial score (nSPS) is 19.4. The van der Waals surface area contributed by atoms with Crippen LogP contribution in [0.1, 0.15) is 25.7 Å². The summed E-state index contributed by atoms with van der Waals surface area (Å²) in [6.45, 7) is 1.45. The van der Waals surface area contributed by atoms with E-state index >= 15 is 0 Å². The molecule has 0 atom stereocenters. The first-order valence-electron chi connectivity index (χ1n) is 11.8. The number of methoxy groups -OCH3 is 1. The number of amides is 3. The van der Waals surface area contributed by atoms with E-state index in [1.807, 2.05) is 35.2 Å². The largest absolute Gasteiger partial charge is 0.497 e. The van der Waals surface area contributed by atoms with E-state index in [2.05, 4.69) is 10.2 Å². The van der Waals surface area contributed by atoms with Gasteiger partial charge in [-0.25, -0.2) is 0 Å². The van der Waals surface area contributed by atoms with Gasteiger partial charge in [0.2, 0.25) is 11.8 Å². The Bertz CT molecular complexity index is 1060. The molecule has 1 aliphatic carbocycles. The smallest absolute Gasteiger partial charge is 0.250 e. The van der Waals surface area contributed by atoms with E-state index in [0.29, 0.717) is 44.0 Å². The predicted molar refractivity (Wildman–Crippen MR) is 128 cm³/mol. The maximum atomic E-state index is 13.7. The van der Waals surface area contributed by atoms with Gasteiger partial charge in [0.1, 0.15) is 17.8 Å². The molecule has 2 heterocycles. The molecular formula is C26H30N4O4. The van der Waals surface area contributed by atoms with E-state index in [9.17, 15) is 14.4 Å². The van der Waals surface area contributed by atoms with Crippen LogP contribution in [0.3, 0.4) is 0 Å². The van der Waals surface area contributed by atoms with Crippen molar-refractivity contribution in [2.75, 3.05) is 43.6 Å². The quantitative estimate of drug-likeness (QED) is 0.714. The number of hydrogen-bond acceptors (Lipinski definition) is 5. The molecule has 2 aromatic carbocycles. The molecule has 3 amide bonds. The highest BCUT2D eigenvalue weighted by Crippen LogP contribution is 2.41. The van der Waals surface area contributed by atoms with Gasteiger partial charge in [0, 0.05) is 30.4 Å². The Labute approximate surface area is 199 Å². The third-order valence-corrected chi connectivity index (χ3v) is 7.12. The molecule has 3 fully saturated rings. The van der Waals surface area contributed by atoms with Crippen molar-refractivity contribution in [3.63, 3.8) is 0 Å². The summed E-state index contributed by atoms with van der Waals surface area (Å²) < 4.78 is 5.16. The number of nitrogens with zero attached hydrogens (tertiary/aromatic N) is 3. The van der Waals surface area contributed by atoms with Crippen molar-refractivity contribution in [2.24, 2.45) is 5.92 Å². The second-order valence-corrected chi connectivity index (χ2v) is 9.32. The van der Waals surface area contributed by atoms with Crippen LogP contribution in [-0.2, 0) is 14.4 Å². The van der Waals surface area contributed by atoms with E-state index in [4.69, 9.17) is 4.74 Å². The Morgan fingerprint density at radius 3 is 2.32 bits per heavy atom. The molecule has 0 radical (unpaired) electrons.